The van der Waals surface area contributed by atoms with Gasteiger partial charge in [0.2, 0.25) is 0 Å². The smallest absolute Gasteiger partial charge is 0.0900 e. The lowest BCUT2D eigenvalue weighted by Crippen LogP contribution is -2.46. The highest BCUT2D eigenvalue weighted by molar-refractivity contribution is 7.07. The minimum atomic E-state index is 0.370. The van der Waals surface area contributed by atoms with Crippen molar-refractivity contribution in [1.82, 2.24) is 4.98 Å². The predicted octanol–water partition coefficient (Wildman–Crippen LogP) is 6.09. The van der Waals surface area contributed by atoms with Crippen LogP contribution >= 0.6 is 11.3 Å². The zero-order chi connectivity index (χ0) is 17.3. The van der Waals surface area contributed by atoms with Crippen molar-refractivity contribution in [3.8, 4) is 0 Å². The van der Waals surface area contributed by atoms with E-state index in [1.54, 1.807) is 16.9 Å². The molecule has 2 aliphatic rings. The Kier molecular flexibility index (Phi) is 5.51. The first-order valence-electron chi connectivity index (χ1n) is 9.60. The number of ether oxygens (including phenoxy) is 1. The van der Waals surface area contributed by atoms with E-state index >= 15 is 0 Å². The summed E-state index contributed by atoms with van der Waals surface area (Å²) in [6.07, 6.45) is 7.77. The molecule has 24 heavy (non-hydrogen) atoms. The lowest BCUT2D eigenvalue weighted by atomic mass is 9.52. The van der Waals surface area contributed by atoms with Gasteiger partial charge in [-0.3, -0.25) is 0 Å². The van der Waals surface area contributed by atoms with Crippen LogP contribution in [0.4, 0.5) is 0 Å². The average Bonchev–Trinajstić information content (AvgIpc) is 3.04. The number of hydrogen-bond acceptors (Lipinski definition) is 3. The Balaban J connectivity index is 1.72. The van der Waals surface area contributed by atoms with Gasteiger partial charge in [0.1, 0.15) is 0 Å². The molecule has 4 atom stereocenters. The molecule has 0 N–H and O–H groups in total. The molecule has 1 saturated carbocycles. The van der Waals surface area contributed by atoms with E-state index < -0.39 is 0 Å². The Labute approximate surface area is 151 Å². The monoisotopic (exact) mass is 347 g/mol. The Bertz CT molecular complexity index is 562. The Morgan fingerprint density at radius 2 is 2.08 bits per heavy atom. The maximum atomic E-state index is 6.19. The summed E-state index contributed by atoms with van der Waals surface area (Å²) >= 11 is 1.65. The molecular formula is C21H33NOS. The molecule has 2 aliphatic carbocycles. The Morgan fingerprint density at radius 1 is 1.29 bits per heavy atom. The van der Waals surface area contributed by atoms with Gasteiger partial charge in [-0.25, -0.2) is 4.98 Å². The molecule has 0 amide bonds. The number of aromatic nitrogens is 1. The van der Waals surface area contributed by atoms with E-state index in [0.717, 1.165) is 35.8 Å². The number of thiazole rings is 1. The van der Waals surface area contributed by atoms with Crippen LogP contribution in [0.25, 0.3) is 0 Å². The molecule has 2 nitrogen and oxygen atoms in total. The van der Waals surface area contributed by atoms with Crippen molar-refractivity contribution in [3.05, 3.63) is 28.2 Å². The molecule has 3 heteroatoms. The molecule has 1 heterocycles. The van der Waals surface area contributed by atoms with Crippen LogP contribution in [0.2, 0.25) is 0 Å². The van der Waals surface area contributed by atoms with E-state index in [2.05, 4.69) is 51.1 Å². The molecule has 0 spiro atoms. The summed E-state index contributed by atoms with van der Waals surface area (Å²) in [7, 11) is 0. The molecule has 1 aromatic rings. The number of allylic oxidation sites excluding steroid dienone is 1. The van der Waals surface area contributed by atoms with Crippen molar-refractivity contribution >= 4 is 11.3 Å². The van der Waals surface area contributed by atoms with Gasteiger partial charge in [-0.2, -0.15) is 0 Å². The minimum absolute atomic E-state index is 0.370. The van der Waals surface area contributed by atoms with Crippen molar-refractivity contribution in [1.29, 1.82) is 0 Å². The molecule has 0 saturated heterocycles. The fraction of sp³-hybridized carbons (Fsp3) is 0.762. The minimum Gasteiger partial charge on any atom is -0.372 e. The molecule has 2 unspecified atom stereocenters. The zero-order valence-corrected chi connectivity index (χ0v) is 16.7. The SMILES string of the molecule is CC(C)C1CC=C2C[C@@H](OCc3cscn3)CC[C@]2(C)C1C(C)C. The van der Waals surface area contributed by atoms with Crippen LogP contribution in [0.1, 0.15) is 66.0 Å². The van der Waals surface area contributed by atoms with Gasteiger partial charge >= 0.3 is 0 Å². The van der Waals surface area contributed by atoms with Crippen LogP contribution in [0.15, 0.2) is 22.5 Å². The molecule has 0 bridgehead atoms. The fourth-order valence-corrected chi connectivity index (χ4v) is 5.91. The van der Waals surface area contributed by atoms with Crippen molar-refractivity contribution in [3.63, 3.8) is 0 Å². The van der Waals surface area contributed by atoms with Crippen LogP contribution in [0.5, 0.6) is 0 Å². The Morgan fingerprint density at radius 3 is 2.71 bits per heavy atom. The normalized spacial score (nSPS) is 33.6. The quantitative estimate of drug-likeness (QED) is 0.601. The van der Waals surface area contributed by atoms with Crippen molar-refractivity contribution in [2.45, 2.75) is 73.0 Å². The predicted molar refractivity (Wildman–Crippen MR) is 102 cm³/mol. The summed E-state index contributed by atoms with van der Waals surface area (Å²) in [5, 5.41) is 2.09. The van der Waals surface area contributed by atoms with Crippen molar-refractivity contribution < 1.29 is 4.74 Å². The molecular weight excluding hydrogens is 314 g/mol. The van der Waals surface area contributed by atoms with Gasteiger partial charge < -0.3 is 4.74 Å². The lowest BCUT2D eigenvalue weighted by molar-refractivity contribution is -0.0238. The molecule has 3 rings (SSSR count). The van der Waals surface area contributed by atoms with Gasteiger partial charge in [-0.15, -0.1) is 11.3 Å². The van der Waals surface area contributed by atoms with E-state index in [4.69, 9.17) is 4.74 Å². The summed E-state index contributed by atoms with van der Waals surface area (Å²) in [4.78, 5) is 4.34. The average molecular weight is 348 g/mol. The van der Waals surface area contributed by atoms with Gasteiger partial charge in [-0.1, -0.05) is 46.3 Å². The molecule has 1 fully saturated rings. The number of hydrogen-bond donors (Lipinski definition) is 0. The summed E-state index contributed by atoms with van der Waals surface area (Å²) < 4.78 is 6.19. The van der Waals surface area contributed by atoms with Crippen molar-refractivity contribution in [2.24, 2.45) is 29.1 Å². The van der Waals surface area contributed by atoms with Gasteiger partial charge in [-0.05, 0) is 54.8 Å². The Hall–Kier alpha value is -0.670. The second kappa shape index (κ2) is 7.29. The standard InChI is InChI=1S/C21H33NOS/c1-14(2)19-7-6-16-10-18(23-11-17-12-24-13-22-17)8-9-21(16,5)20(19)15(3)4/h6,12-15,18-20H,7-11H2,1-5H3/t18-,19?,20?,21-/m0/s1. The van der Waals surface area contributed by atoms with Crippen LogP contribution in [-0.2, 0) is 11.3 Å². The van der Waals surface area contributed by atoms with Gasteiger partial charge in [0, 0.05) is 5.38 Å². The molecule has 0 aromatic carbocycles. The van der Waals surface area contributed by atoms with E-state index in [9.17, 15) is 0 Å². The summed E-state index contributed by atoms with van der Waals surface area (Å²) in [5.41, 5.74) is 5.01. The summed E-state index contributed by atoms with van der Waals surface area (Å²) in [6.45, 7) is 12.9. The first kappa shape index (κ1) is 18.1. The second-order valence-corrected chi connectivity index (χ2v) is 9.43. The maximum Gasteiger partial charge on any atom is 0.0900 e. The van der Waals surface area contributed by atoms with E-state index in [1.165, 1.54) is 19.3 Å². The summed E-state index contributed by atoms with van der Waals surface area (Å²) in [5.74, 6) is 3.15. The molecule has 0 aliphatic heterocycles. The first-order chi connectivity index (χ1) is 11.4. The number of rotatable bonds is 5. The fourth-order valence-electron chi connectivity index (χ4n) is 5.37. The highest BCUT2D eigenvalue weighted by atomic mass is 32.1. The maximum absolute atomic E-state index is 6.19. The van der Waals surface area contributed by atoms with Crippen LogP contribution in [0, 0.1) is 29.1 Å². The van der Waals surface area contributed by atoms with Crippen LogP contribution < -0.4 is 0 Å². The van der Waals surface area contributed by atoms with E-state index in [1.807, 2.05) is 5.51 Å². The van der Waals surface area contributed by atoms with E-state index in [0.29, 0.717) is 18.1 Å². The van der Waals surface area contributed by atoms with E-state index in [-0.39, 0.29) is 0 Å². The van der Waals surface area contributed by atoms with Crippen LogP contribution in [0.3, 0.4) is 0 Å². The molecule has 1 aromatic heterocycles. The zero-order valence-electron chi connectivity index (χ0n) is 15.9. The largest absolute Gasteiger partial charge is 0.372 e. The molecule has 134 valence electrons. The lowest BCUT2D eigenvalue weighted by Gasteiger charge is -2.53. The van der Waals surface area contributed by atoms with Crippen LogP contribution in [-0.4, -0.2) is 11.1 Å². The van der Waals surface area contributed by atoms with Gasteiger partial charge in [0.15, 0.2) is 0 Å². The first-order valence-corrected chi connectivity index (χ1v) is 10.5. The highest BCUT2D eigenvalue weighted by Gasteiger charge is 2.48. The van der Waals surface area contributed by atoms with Gasteiger partial charge in [0.25, 0.3) is 0 Å². The number of fused-ring (bicyclic) bond motifs is 1. The highest BCUT2D eigenvalue weighted by Crippen LogP contribution is 2.56. The van der Waals surface area contributed by atoms with Crippen molar-refractivity contribution in [2.75, 3.05) is 0 Å². The number of nitrogens with zero attached hydrogens (tertiary/aromatic N) is 1. The third kappa shape index (κ3) is 3.48. The van der Waals surface area contributed by atoms with Gasteiger partial charge in [0.05, 0.1) is 23.9 Å². The third-order valence-corrected chi connectivity index (χ3v) is 7.16. The second-order valence-electron chi connectivity index (χ2n) is 8.72. The summed E-state index contributed by atoms with van der Waals surface area (Å²) in [6, 6.07) is 0. The third-order valence-electron chi connectivity index (χ3n) is 6.53. The topological polar surface area (TPSA) is 22.1 Å². The molecule has 0 radical (unpaired) electrons.